The molecular formula is C15H21N3O. The number of anilines is 1. The lowest BCUT2D eigenvalue weighted by Gasteiger charge is -2.23. The second kappa shape index (κ2) is 4.85. The Hall–Kier alpha value is -1.55. The highest BCUT2D eigenvalue weighted by molar-refractivity contribution is 5.87. The van der Waals surface area contributed by atoms with E-state index >= 15 is 0 Å². The highest BCUT2D eigenvalue weighted by atomic mass is 16.2. The Morgan fingerprint density at radius 3 is 2.84 bits per heavy atom. The van der Waals surface area contributed by atoms with Gasteiger partial charge in [0.25, 0.3) is 0 Å². The molecule has 1 N–H and O–H groups in total. The molecule has 0 saturated carbocycles. The number of fused-ring (bicyclic) bond motifs is 1. The molecule has 102 valence electrons. The van der Waals surface area contributed by atoms with E-state index in [0.717, 1.165) is 31.6 Å². The van der Waals surface area contributed by atoms with Crippen molar-refractivity contribution in [1.82, 2.24) is 9.80 Å². The van der Waals surface area contributed by atoms with Crippen molar-refractivity contribution in [2.45, 2.75) is 24.9 Å². The summed E-state index contributed by atoms with van der Waals surface area (Å²) in [5.74, 6) is 0.251. The lowest BCUT2D eigenvalue weighted by atomic mass is 10.1. The fourth-order valence-electron chi connectivity index (χ4n) is 3.03. The monoisotopic (exact) mass is 259 g/mol. The topological polar surface area (TPSA) is 35.6 Å². The summed E-state index contributed by atoms with van der Waals surface area (Å²) in [7, 11) is 4.17. The van der Waals surface area contributed by atoms with Crippen LogP contribution in [0.15, 0.2) is 24.3 Å². The summed E-state index contributed by atoms with van der Waals surface area (Å²) in [6, 6.07) is 8.63. The number of carbonyl (C=O) groups excluding carboxylic acids is 1. The molecule has 4 heteroatoms. The lowest BCUT2D eigenvalue weighted by Crippen LogP contribution is -2.42. The molecule has 1 unspecified atom stereocenters. The van der Waals surface area contributed by atoms with Gasteiger partial charge in [-0.1, -0.05) is 18.2 Å². The summed E-state index contributed by atoms with van der Waals surface area (Å²) in [5, 5.41) is 3.35. The number of nitrogens with one attached hydrogen (secondary N) is 1. The summed E-state index contributed by atoms with van der Waals surface area (Å²) >= 11 is 0. The summed E-state index contributed by atoms with van der Waals surface area (Å²) < 4.78 is 0. The minimum Gasteiger partial charge on any atom is -0.373 e. The molecule has 1 aromatic rings. The van der Waals surface area contributed by atoms with E-state index in [1.54, 1.807) is 0 Å². The van der Waals surface area contributed by atoms with Gasteiger partial charge >= 0.3 is 0 Å². The van der Waals surface area contributed by atoms with E-state index in [4.69, 9.17) is 0 Å². The Kier molecular flexibility index (Phi) is 3.19. The minimum absolute atomic E-state index is 0.0710. The van der Waals surface area contributed by atoms with E-state index in [1.165, 1.54) is 5.56 Å². The zero-order valence-electron chi connectivity index (χ0n) is 11.6. The average Bonchev–Trinajstić information content (AvgIpc) is 3.04. The van der Waals surface area contributed by atoms with Gasteiger partial charge in [-0.15, -0.1) is 0 Å². The molecule has 4 nitrogen and oxygen atoms in total. The van der Waals surface area contributed by atoms with Gasteiger partial charge in [0.1, 0.15) is 6.04 Å². The first-order valence-corrected chi connectivity index (χ1v) is 6.95. The van der Waals surface area contributed by atoms with Crippen molar-refractivity contribution >= 4 is 11.6 Å². The third-order valence-electron chi connectivity index (χ3n) is 4.27. The molecule has 0 spiro atoms. The largest absolute Gasteiger partial charge is 0.373 e. The Morgan fingerprint density at radius 2 is 2.16 bits per heavy atom. The molecule has 2 aliphatic rings. The highest BCUT2D eigenvalue weighted by Crippen LogP contribution is 2.27. The Labute approximate surface area is 114 Å². The lowest BCUT2D eigenvalue weighted by molar-refractivity contribution is -0.131. The maximum absolute atomic E-state index is 12.5. The Bertz CT molecular complexity index is 461. The van der Waals surface area contributed by atoms with Crippen molar-refractivity contribution in [3.8, 4) is 0 Å². The van der Waals surface area contributed by atoms with Gasteiger partial charge in [-0.3, -0.25) is 4.79 Å². The van der Waals surface area contributed by atoms with Crippen LogP contribution < -0.4 is 5.32 Å². The van der Waals surface area contributed by atoms with Crippen molar-refractivity contribution in [3.63, 3.8) is 0 Å². The predicted octanol–water partition coefficient (Wildman–Crippen LogP) is 1.19. The predicted molar refractivity (Wildman–Crippen MR) is 76.2 cm³/mol. The molecule has 1 fully saturated rings. The van der Waals surface area contributed by atoms with Crippen LogP contribution in [0.2, 0.25) is 0 Å². The number of hydrogen-bond acceptors (Lipinski definition) is 3. The van der Waals surface area contributed by atoms with E-state index in [9.17, 15) is 4.79 Å². The van der Waals surface area contributed by atoms with Gasteiger partial charge in [0, 0.05) is 31.2 Å². The first-order chi connectivity index (χ1) is 9.15. The standard InChI is InChI=1S/C15H21N3O/c1-17(2)12-7-8-18(10-12)15(19)14-9-11-5-3-4-6-13(11)16-14/h3-6,12,14,16H,7-10H2,1-2H3/t12?,14-/m0/s1. The molecule has 0 aliphatic carbocycles. The SMILES string of the molecule is CN(C)C1CCN(C(=O)[C@@H]2Cc3ccccc3N2)C1. The van der Waals surface area contributed by atoms with Gasteiger partial charge in [0.05, 0.1) is 0 Å². The second-order valence-electron chi connectivity index (χ2n) is 5.75. The number of para-hydroxylation sites is 1. The first-order valence-electron chi connectivity index (χ1n) is 6.95. The smallest absolute Gasteiger partial charge is 0.245 e. The Balaban J connectivity index is 1.64. The highest BCUT2D eigenvalue weighted by Gasteiger charge is 2.34. The third-order valence-corrected chi connectivity index (χ3v) is 4.27. The third kappa shape index (κ3) is 2.32. The van der Waals surface area contributed by atoms with Gasteiger partial charge in [0.15, 0.2) is 0 Å². The maximum atomic E-state index is 12.5. The molecule has 0 radical (unpaired) electrons. The summed E-state index contributed by atoms with van der Waals surface area (Å²) in [4.78, 5) is 16.7. The van der Waals surface area contributed by atoms with E-state index < -0.39 is 0 Å². The molecule has 2 atom stereocenters. The zero-order chi connectivity index (χ0) is 13.4. The van der Waals surface area contributed by atoms with Crippen molar-refractivity contribution in [2.75, 3.05) is 32.5 Å². The van der Waals surface area contributed by atoms with E-state index in [2.05, 4.69) is 36.4 Å². The fraction of sp³-hybridized carbons (Fsp3) is 0.533. The van der Waals surface area contributed by atoms with Gasteiger partial charge in [-0.2, -0.15) is 0 Å². The molecule has 1 saturated heterocycles. The molecule has 3 rings (SSSR count). The van der Waals surface area contributed by atoms with Gasteiger partial charge < -0.3 is 15.1 Å². The first kappa shape index (κ1) is 12.5. The van der Waals surface area contributed by atoms with Crippen molar-refractivity contribution in [3.05, 3.63) is 29.8 Å². The maximum Gasteiger partial charge on any atom is 0.245 e. The van der Waals surface area contributed by atoms with Crippen LogP contribution in [0.1, 0.15) is 12.0 Å². The molecule has 2 heterocycles. The molecule has 0 aromatic heterocycles. The van der Waals surface area contributed by atoms with Crippen LogP contribution in [-0.4, -0.2) is 55.0 Å². The average molecular weight is 259 g/mol. The quantitative estimate of drug-likeness (QED) is 0.866. The summed E-state index contributed by atoms with van der Waals surface area (Å²) in [5.41, 5.74) is 2.37. The van der Waals surface area contributed by atoms with E-state index in [-0.39, 0.29) is 11.9 Å². The summed E-state index contributed by atoms with van der Waals surface area (Å²) in [6.45, 7) is 1.75. The van der Waals surface area contributed by atoms with Crippen LogP contribution in [0.4, 0.5) is 5.69 Å². The number of likely N-dealkylation sites (N-methyl/N-ethyl adjacent to an activating group) is 1. The van der Waals surface area contributed by atoms with Crippen LogP contribution in [0.3, 0.4) is 0 Å². The van der Waals surface area contributed by atoms with E-state index in [0.29, 0.717) is 6.04 Å². The summed E-state index contributed by atoms with van der Waals surface area (Å²) in [6.07, 6.45) is 1.90. The fourth-order valence-corrected chi connectivity index (χ4v) is 3.03. The van der Waals surface area contributed by atoms with E-state index in [1.807, 2.05) is 17.0 Å². The van der Waals surface area contributed by atoms with Crippen molar-refractivity contribution in [2.24, 2.45) is 0 Å². The number of amides is 1. The van der Waals surface area contributed by atoms with Crippen molar-refractivity contribution in [1.29, 1.82) is 0 Å². The van der Waals surface area contributed by atoms with Crippen LogP contribution in [0, 0.1) is 0 Å². The van der Waals surface area contributed by atoms with Crippen LogP contribution in [0.5, 0.6) is 0 Å². The minimum atomic E-state index is -0.0710. The normalized spacial score (nSPS) is 25.5. The van der Waals surface area contributed by atoms with Gasteiger partial charge in [0.2, 0.25) is 5.91 Å². The van der Waals surface area contributed by atoms with Crippen LogP contribution in [0.25, 0.3) is 0 Å². The molecule has 1 amide bonds. The number of carbonyl (C=O) groups is 1. The Morgan fingerprint density at radius 1 is 1.37 bits per heavy atom. The molecular weight excluding hydrogens is 238 g/mol. The van der Waals surface area contributed by atoms with Crippen LogP contribution >= 0.6 is 0 Å². The number of benzene rings is 1. The molecule has 19 heavy (non-hydrogen) atoms. The number of nitrogens with zero attached hydrogens (tertiary/aromatic N) is 2. The molecule has 0 bridgehead atoms. The zero-order valence-corrected chi connectivity index (χ0v) is 11.6. The number of hydrogen-bond donors (Lipinski definition) is 1. The van der Waals surface area contributed by atoms with Gasteiger partial charge in [-0.25, -0.2) is 0 Å². The van der Waals surface area contributed by atoms with Crippen molar-refractivity contribution < 1.29 is 4.79 Å². The second-order valence-corrected chi connectivity index (χ2v) is 5.75. The number of rotatable bonds is 2. The molecule has 2 aliphatic heterocycles. The van der Waals surface area contributed by atoms with Crippen LogP contribution in [-0.2, 0) is 11.2 Å². The molecule has 1 aromatic carbocycles. The van der Waals surface area contributed by atoms with Gasteiger partial charge in [-0.05, 0) is 32.1 Å². The number of likely N-dealkylation sites (tertiary alicyclic amines) is 1.